The minimum absolute atomic E-state index is 0.243. The fourth-order valence-corrected chi connectivity index (χ4v) is 3.53. The highest BCUT2D eigenvalue weighted by atomic mass is 19.1. The number of carbonyl (C=O) groups excluding carboxylic acids is 1. The van der Waals surface area contributed by atoms with Gasteiger partial charge in [0.25, 0.3) is 5.91 Å². The van der Waals surface area contributed by atoms with Gasteiger partial charge in [0.1, 0.15) is 17.8 Å². The molecule has 0 aliphatic carbocycles. The van der Waals surface area contributed by atoms with Crippen molar-refractivity contribution >= 4 is 11.6 Å². The topological polar surface area (TPSA) is 70.8 Å². The Labute approximate surface area is 180 Å². The lowest BCUT2D eigenvalue weighted by molar-refractivity contribution is 0.0945. The molecule has 1 aliphatic heterocycles. The van der Waals surface area contributed by atoms with Gasteiger partial charge in [-0.15, -0.1) is 0 Å². The lowest BCUT2D eigenvalue weighted by Crippen LogP contribution is -2.46. The van der Waals surface area contributed by atoms with Gasteiger partial charge in [-0.3, -0.25) is 9.69 Å². The van der Waals surface area contributed by atoms with E-state index >= 15 is 0 Å². The summed E-state index contributed by atoms with van der Waals surface area (Å²) in [7, 11) is 1.67. The molecule has 162 valence electrons. The van der Waals surface area contributed by atoms with Crippen molar-refractivity contribution in [2.45, 2.75) is 13.1 Å². The number of halogens is 1. The number of ether oxygens (including phenoxy) is 1. The Bertz CT molecular complexity index is 1010. The maximum absolute atomic E-state index is 13.0. The predicted molar refractivity (Wildman–Crippen MR) is 115 cm³/mol. The maximum atomic E-state index is 13.0. The zero-order valence-electron chi connectivity index (χ0n) is 17.4. The van der Waals surface area contributed by atoms with Gasteiger partial charge in [0, 0.05) is 44.5 Å². The van der Waals surface area contributed by atoms with Crippen molar-refractivity contribution in [1.82, 2.24) is 15.2 Å². The molecule has 0 unspecified atom stereocenters. The summed E-state index contributed by atoms with van der Waals surface area (Å²) in [5, 5.41) is 2.77. The zero-order valence-corrected chi connectivity index (χ0v) is 17.4. The lowest BCUT2D eigenvalue weighted by atomic mass is 10.2. The second-order valence-electron chi connectivity index (χ2n) is 7.40. The smallest absolute Gasteiger partial charge is 0.273 e. The zero-order chi connectivity index (χ0) is 21.6. The molecule has 1 aromatic heterocycles. The first-order valence-corrected chi connectivity index (χ1v) is 10.2. The van der Waals surface area contributed by atoms with Crippen LogP contribution in [0, 0.1) is 5.82 Å². The van der Waals surface area contributed by atoms with E-state index in [0.717, 1.165) is 43.2 Å². The molecule has 1 amide bonds. The van der Waals surface area contributed by atoms with Gasteiger partial charge in [0.15, 0.2) is 5.69 Å². The Morgan fingerprint density at radius 1 is 1.16 bits per heavy atom. The van der Waals surface area contributed by atoms with Crippen LogP contribution in [0.5, 0.6) is 5.75 Å². The van der Waals surface area contributed by atoms with Crippen LogP contribution in [-0.4, -0.2) is 49.1 Å². The van der Waals surface area contributed by atoms with E-state index in [2.05, 4.69) is 26.2 Å². The van der Waals surface area contributed by atoms with Gasteiger partial charge in [0.2, 0.25) is 5.89 Å². The molecule has 0 bridgehead atoms. The highest BCUT2D eigenvalue weighted by molar-refractivity contribution is 5.91. The van der Waals surface area contributed by atoms with E-state index in [-0.39, 0.29) is 17.4 Å². The van der Waals surface area contributed by atoms with Gasteiger partial charge < -0.3 is 19.4 Å². The Balaban J connectivity index is 1.26. The summed E-state index contributed by atoms with van der Waals surface area (Å²) in [6.07, 6.45) is 1.38. The number of benzene rings is 2. The van der Waals surface area contributed by atoms with Crippen LogP contribution in [-0.2, 0) is 13.1 Å². The number of nitrogens with one attached hydrogen (secondary N) is 1. The van der Waals surface area contributed by atoms with Crippen LogP contribution in [0.1, 0.15) is 21.9 Å². The molecule has 1 aliphatic rings. The van der Waals surface area contributed by atoms with Gasteiger partial charge in [-0.25, -0.2) is 9.37 Å². The normalized spacial score (nSPS) is 14.5. The highest BCUT2D eigenvalue weighted by Crippen LogP contribution is 2.22. The molecule has 3 aromatic rings. The third-order valence-electron chi connectivity index (χ3n) is 5.30. The molecular weight excluding hydrogens is 399 g/mol. The largest absolute Gasteiger partial charge is 0.497 e. The van der Waals surface area contributed by atoms with Gasteiger partial charge in [-0.1, -0.05) is 18.2 Å². The minimum atomic E-state index is -0.317. The number of nitrogens with zero attached hydrogens (tertiary/aromatic N) is 3. The molecular formula is C23H25FN4O3. The third kappa shape index (κ3) is 5.40. The summed E-state index contributed by atoms with van der Waals surface area (Å²) >= 11 is 0. The van der Waals surface area contributed by atoms with Crippen molar-refractivity contribution in [3.63, 3.8) is 0 Å². The second-order valence-corrected chi connectivity index (χ2v) is 7.40. The Morgan fingerprint density at radius 2 is 1.94 bits per heavy atom. The number of aromatic nitrogens is 1. The number of hydrogen-bond donors (Lipinski definition) is 1. The number of methoxy groups -OCH3 is 1. The standard InChI is InChI=1S/C23H25FN4O3/c1-30-20-4-2-3-19(13-20)28-11-9-27(10-12-28)15-22-26-21(16-31-22)23(29)25-14-17-5-7-18(24)8-6-17/h2-8,13,16H,9-12,14-15H2,1H3,(H,25,29). The molecule has 4 rings (SSSR count). The SMILES string of the molecule is COc1cccc(N2CCN(Cc3nc(C(=O)NCc4ccc(F)cc4)co3)CC2)c1. The maximum Gasteiger partial charge on any atom is 0.273 e. The van der Waals surface area contributed by atoms with Crippen LogP contribution in [0.4, 0.5) is 10.1 Å². The molecule has 31 heavy (non-hydrogen) atoms. The summed E-state index contributed by atoms with van der Waals surface area (Å²) < 4.78 is 23.8. The molecule has 2 heterocycles. The van der Waals surface area contributed by atoms with Crippen molar-refractivity contribution in [2.75, 3.05) is 38.2 Å². The summed E-state index contributed by atoms with van der Waals surface area (Å²) in [4.78, 5) is 21.2. The number of hydrogen-bond acceptors (Lipinski definition) is 6. The minimum Gasteiger partial charge on any atom is -0.497 e. The molecule has 8 heteroatoms. The van der Waals surface area contributed by atoms with Crippen LogP contribution < -0.4 is 15.0 Å². The molecule has 0 saturated carbocycles. The first-order chi connectivity index (χ1) is 15.1. The first kappa shape index (κ1) is 20.9. The Morgan fingerprint density at radius 3 is 2.68 bits per heavy atom. The highest BCUT2D eigenvalue weighted by Gasteiger charge is 2.20. The van der Waals surface area contributed by atoms with E-state index in [9.17, 15) is 9.18 Å². The van der Waals surface area contributed by atoms with Crippen LogP contribution >= 0.6 is 0 Å². The average Bonchev–Trinajstić information content (AvgIpc) is 3.27. The number of piperazine rings is 1. The van der Waals surface area contributed by atoms with E-state index in [1.54, 1.807) is 19.2 Å². The second kappa shape index (κ2) is 9.61. The van der Waals surface area contributed by atoms with Crippen LogP contribution in [0.25, 0.3) is 0 Å². The molecule has 0 atom stereocenters. The van der Waals surface area contributed by atoms with Gasteiger partial charge in [-0.2, -0.15) is 0 Å². The van der Waals surface area contributed by atoms with Crippen molar-refractivity contribution in [2.24, 2.45) is 0 Å². The average molecular weight is 424 g/mol. The van der Waals surface area contributed by atoms with Gasteiger partial charge in [0.05, 0.1) is 13.7 Å². The van der Waals surface area contributed by atoms with E-state index < -0.39 is 0 Å². The van der Waals surface area contributed by atoms with Crippen molar-refractivity contribution in [3.05, 3.63) is 77.8 Å². The van der Waals surface area contributed by atoms with Crippen LogP contribution in [0.3, 0.4) is 0 Å². The monoisotopic (exact) mass is 424 g/mol. The molecule has 0 spiro atoms. The number of rotatable bonds is 7. The molecule has 1 saturated heterocycles. The molecule has 1 N–H and O–H groups in total. The van der Waals surface area contributed by atoms with Crippen molar-refractivity contribution < 1.29 is 18.3 Å². The molecule has 1 fully saturated rings. The Hall–Kier alpha value is -3.39. The summed E-state index contributed by atoms with van der Waals surface area (Å²) in [6.45, 7) is 4.36. The van der Waals surface area contributed by atoms with E-state index in [4.69, 9.17) is 9.15 Å². The molecule has 0 radical (unpaired) electrons. The number of oxazole rings is 1. The van der Waals surface area contributed by atoms with E-state index in [1.807, 2.05) is 18.2 Å². The first-order valence-electron chi connectivity index (χ1n) is 10.2. The number of carbonyl (C=O) groups is 1. The fourth-order valence-electron chi connectivity index (χ4n) is 3.53. The van der Waals surface area contributed by atoms with Crippen molar-refractivity contribution in [3.8, 4) is 5.75 Å². The van der Waals surface area contributed by atoms with E-state index in [0.29, 0.717) is 19.0 Å². The quantitative estimate of drug-likeness (QED) is 0.629. The summed E-state index contributed by atoms with van der Waals surface area (Å²) in [5.41, 5.74) is 2.20. The third-order valence-corrected chi connectivity index (χ3v) is 5.30. The fraction of sp³-hybridized carbons (Fsp3) is 0.304. The lowest BCUT2D eigenvalue weighted by Gasteiger charge is -2.35. The number of amides is 1. The molecule has 7 nitrogen and oxygen atoms in total. The van der Waals surface area contributed by atoms with Gasteiger partial charge >= 0.3 is 0 Å². The van der Waals surface area contributed by atoms with Gasteiger partial charge in [-0.05, 0) is 29.8 Å². The van der Waals surface area contributed by atoms with Crippen LogP contribution in [0.15, 0.2) is 59.2 Å². The number of anilines is 1. The van der Waals surface area contributed by atoms with Crippen molar-refractivity contribution in [1.29, 1.82) is 0 Å². The summed E-state index contributed by atoms with van der Waals surface area (Å²) in [5.74, 6) is 0.745. The predicted octanol–water partition coefficient (Wildman–Crippen LogP) is 3.07. The van der Waals surface area contributed by atoms with Crippen LogP contribution in [0.2, 0.25) is 0 Å². The van der Waals surface area contributed by atoms with E-state index in [1.165, 1.54) is 18.4 Å². The Kier molecular flexibility index (Phi) is 6.47. The summed E-state index contributed by atoms with van der Waals surface area (Å²) in [6, 6.07) is 14.1. The molecule has 2 aromatic carbocycles.